The topological polar surface area (TPSA) is 117 Å². The predicted octanol–water partition coefficient (Wildman–Crippen LogP) is 4.85. The average molecular weight is 485 g/mol. The number of hydrogen-bond donors (Lipinski definition) is 3. The Bertz CT molecular complexity index is 1350. The predicted molar refractivity (Wildman–Crippen MR) is 127 cm³/mol. The highest BCUT2D eigenvalue weighted by Gasteiger charge is 2.14. The zero-order valence-corrected chi connectivity index (χ0v) is 18.8. The van der Waals surface area contributed by atoms with Crippen LogP contribution >= 0.6 is 23.2 Å². The molecule has 0 saturated heterocycles. The summed E-state index contributed by atoms with van der Waals surface area (Å²) in [6.07, 6.45) is 4.11. The first-order valence-electron chi connectivity index (χ1n) is 10.1. The maximum absolute atomic E-state index is 13.6. The molecule has 0 amide bonds. The van der Waals surface area contributed by atoms with Crippen molar-refractivity contribution in [3.05, 3.63) is 69.8 Å². The minimum absolute atomic E-state index is 0.0308. The normalized spacial score (nSPS) is 10.9. The molecule has 11 heteroatoms. The Morgan fingerprint density at radius 1 is 1.15 bits per heavy atom. The molecule has 0 spiro atoms. The number of nitrogens with one attached hydrogen (secondary N) is 2. The second kappa shape index (κ2) is 10.0. The van der Waals surface area contributed by atoms with Crippen LogP contribution in [-0.4, -0.2) is 26.5 Å². The summed E-state index contributed by atoms with van der Waals surface area (Å²) >= 11 is 12.4. The summed E-state index contributed by atoms with van der Waals surface area (Å²) in [5, 5.41) is 25.3. The Balaban J connectivity index is 1.65. The van der Waals surface area contributed by atoms with Gasteiger partial charge < -0.3 is 16.4 Å². The molecule has 0 aliphatic heterocycles. The Morgan fingerprint density at radius 3 is 2.73 bits per heavy atom. The van der Waals surface area contributed by atoms with Gasteiger partial charge in [0.2, 0.25) is 0 Å². The molecule has 0 aliphatic rings. The first-order chi connectivity index (χ1) is 16.0. The molecule has 168 valence electrons. The number of aromatic nitrogens is 4. The molecule has 2 heterocycles. The lowest BCUT2D eigenvalue weighted by Crippen LogP contribution is -2.06. The highest BCUT2D eigenvalue weighted by molar-refractivity contribution is 6.36. The van der Waals surface area contributed by atoms with Gasteiger partial charge in [0.25, 0.3) is 0 Å². The zero-order valence-electron chi connectivity index (χ0n) is 17.3. The van der Waals surface area contributed by atoms with E-state index in [1.807, 2.05) is 12.3 Å². The molecule has 33 heavy (non-hydrogen) atoms. The lowest BCUT2D eigenvalue weighted by atomic mass is 10.1. The fraction of sp³-hybridized carbons (Fsp3) is 0.182. The fourth-order valence-electron chi connectivity index (χ4n) is 3.27. The second-order valence-electron chi connectivity index (χ2n) is 7.24. The van der Waals surface area contributed by atoms with Crippen molar-refractivity contribution >= 4 is 51.2 Å². The molecule has 0 atom stereocenters. The molecular formula is C22H19Cl2FN8. The van der Waals surface area contributed by atoms with Crippen LogP contribution in [0.15, 0.2) is 42.7 Å². The molecule has 4 aromatic rings. The number of nitriles is 1. The van der Waals surface area contributed by atoms with Crippen molar-refractivity contribution in [1.82, 2.24) is 20.0 Å². The number of anilines is 3. The molecule has 8 nitrogen and oxygen atoms in total. The third-order valence-electron chi connectivity index (χ3n) is 4.89. The second-order valence-corrected chi connectivity index (χ2v) is 8.05. The van der Waals surface area contributed by atoms with Crippen molar-refractivity contribution in [3.8, 4) is 6.07 Å². The van der Waals surface area contributed by atoms with Crippen molar-refractivity contribution < 1.29 is 4.39 Å². The number of rotatable bonds is 8. The van der Waals surface area contributed by atoms with Crippen LogP contribution < -0.4 is 16.4 Å². The number of pyridine rings is 1. The van der Waals surface area contributed by atoms with Gasteiger partial charge in [-0.3, -0.25) is 9.67 Å². The first-order valence-corrected chi connectivity index (χ1v) is 10.8. The third kappa shape index (κ3) is 5.14. The standard InChI is InChI=1S/C22H19Cl2FN8/c23-18-7-14(2-3-20(18)25)30-21-13(9-27)10-29-22-17(21)6-15(8-19(22)24)28-11-16-12-33(32-31-16)5-1-4-26/h2-3,6-8,10,12,28H,1,4-5,11,26H2,(H,29,30). The van der Waals surface area contributed by atoms with Gasteiger partial charge in [-0.15, -0.1) is 5.10 Å². The molecule has 4 rings (SSSR count). The SMILES string of the molecule is N#Cc1cnc2c(Cl)cc(NCc3cn(CCCN)nn3)cc2c1Nc1ccc(F)c(Cl)c1. The number of nitrogens with zero attached hydrogens (tertiary/aromatic N) is 5. The lowest BCUT2D eigenvalue weighted by Gasteiger charge is -2.14. The maximum atomic E-state index is 13.6. The van der Waals surface area contributed by atoms with Crippen LogP contribution in [0.3, 0.4) is 0 Å². The summed E-state index contributed by atoms with van der Waals surface area (Å²) in [6.45, 7) is 1.71. The Kier molecular flexibility index (Phi) is 6.89. The molecule has 0 bridgehead atoms. The van der Waals surface area contributed by atoms with E-state index < -0.39 is 5.82 Å². The number of nitrogens with two attached hydrogens (primary N) is 1. The van der Waals surface area contributed by atoms with E-state index in [2.05, 4.69) is 32.0 Å². The van der Waals surface area contributed by atoms with Gasteiger partial charge in [0.05, 0.1) is 39.6 Å². The Hall–Kier alpha value is -3.45. The zero-order chi connectivity index (χ0) is 23.4. The Labute approximate surface area is 199 Å². The third-order valence-corrected chi connectivity index (χ3v) is 5.46. The highest BCUT2D eigenvalue weighted by atomic mass is 35.5. The molecule has 0 radical (unpaired) electrons. The van der Waals surface area contributed by atoms with Gasteiger partial charge in [0, 0.05) is 29.5 Å². The van der Waals surface area contributed by atoms with Gasteiger partial charge in [0.1, 0.15) is 17.6 Å². The van der Waals surface area contributed by atoms with Crippen molar-refractivity contribution in [2.24, 2.45) is 5.73 Å². The van der Waals surface area contributed by atoms with E-state index in [-0.39, 0.29) is 5.02 Å². The van der Waals surface area contributed by atoms with E-state index >= 15 is 0 Å². The quantitative estimate of drug-likeness (QED) is 0.327. The maximum Gasteiger partial charge on any atom is 0.141 e. The molecule has 2 aromatic carbocycles. The number of fused-ring (bicyclic) bond motifs is 1. The Morgan fingerprint density at radius 2 is 1.97 bits per heavy atom. The molecule has 2 aromatic heterocycles. The summed E-state index contributed by atoms with van der Waals surface area (Å²) in [5.74, 6) is -0.531. The lowest BCUT2D eigenvalue weighted by molar-refractivity contribution is 0.564. The summed E-state index contributed by atoms with van der Waals surface area (Å²) in [5.41, 5.74) is 8.83. The summed E-state index contributed by atoms with van der Waals surface area (Å²) in [7, 11) is 0. The van der Waals surface area contributed by atoms with Crippen LogP contribution in [0.4, 0.5) is 21.5 Å². The van der Waals surface area contributed by atoms with E-state index in [1.54, 1.807) is 10.7 Å². The van der Waals surface area contributed by atoms with Gasteiger partial charge in [-0.25, -0.2) is 4.39 Å². The van der Waals surface area contributed by atoms with E-state index in [4.69, 9.17) is 28.9 Å². The van der Waals surface area contributed by atoms with E-state index in [0.717, 1.165) is 12.1 Å². The molecule has 0 unspecified atom stereocenters. The van der Waals surface area contributed by atoms with Crippen LogP contribution in [0, 0.1) is 17.1 Å². The van der Waals surface area contributed by atoms with Crippen LogP contribution in [-0.2, 0) is 13.1 Å². The molecule has 0 aliphatic carbocycles. The number of halogens is 3. The van der Waals surface area contributed by atoms with Crippen LogP contribution in [0.2, 0.25) is 10.0 Å². The van der Waals surface area contributed by atoms with Crippen molar-refractivity contribution in [2.45, 2.75) is 19.5 Å². The van der Waals surface area contributed by atoms with Crippen LogP contribution in [0.1, 0.15) is 17.7 Å². The molecule has 0 fully saturated rings. The fourth-order valence-corrected chi connectivity index (χ4v) is 3.72. The van der Waals surface area contributed by atoms with Gasteiger partial charge in [-0.1, -0.05) is 28.4 Å². The minimum atomic E-state index is -0.531. The first kappa shape index (κ1) is 22.7. The average Bonchev–Trinajstić information content (AvgIpc) is 3.27. The minimum Gasteiger partial charge on any atom is -0.379 e. The van der Waals surface area contributed by atoms with Gasteiger partial charge in [0.15, 0.2) is 0 Å². The monoisotopic (exact) mass is 484 g/mol. The number of hydrogen-bond acceptors (Lipinski definition) is 7. The highest BCUT2D eigenvalue weighted by Crippen LogP contribution is 2.35. The van der Waals surface area contributed by atoms with Crippen molar-refractivity contribution in [1.29, 1.82) is 5.26 Å². The van der Waals surface area contributed by atoms with E-state index in [1.165, 1.54) is 24.4 Å². The summed E-state index contributed by atoms with van der Waals surface area (Å²) in [4.78, 5) is 4.33. The largest absolute Gasteiger partial charge is 0.379 e. The van der Waals surface area contributed by atoms with Gasteiger partial charge in [-0.2, -0.15) is 5.26 Å². The van der Waals surface area contributed by atoms with Crippen molar-refractivity contribution in [3.63, 3.8) is 0 Å². The van der Waals surface area contributed by atoms with Gasteiger partial charge >= 0.3 is 0 Å². The van der Waals surface area contributed by atoms with E-state index in [0.29, 0.717) is 58.2 Å². The smallest absolute Gasteiger partial charge is 0.141 e. The summed E-state index contributed by atoms with van der Waals surface area (Å²) < 4.78 is 15.3. The van der Waals surface area contributed by atoms with Crippen molar-refractivity contribution in [2.75, 3.05) is 17.2 Å². The number of aryl methyl sites for hydroxylation is 1. The summed E-state index contributed by atoms with van der Waals surface area (Å²) in [6, 6.07) is 9.94. The number of benzene rings is 2. The van der Waals surface area contributed by atoms with E-state index in [9.17, 15) is 9.65 Å². The molecule has 4 N–H and O–H groups in total. The molecular weight excluding hydrogens is 466 g/mol. The van der Waals surface area contributed by atoms with Crippen LogP contribution in [0.5, 0.6) is 0 Å². The van der Waals surface area contributed by atoms with Crippen LogP contribution in [0.25, 0.3) is 10.9 Å². The van der Waals surface area contributed by atoms with Gasteiger partial charge in [-0.05, 0) is 43.3 Å². The molecule has 0 saturated carbocycles.